The molecule has 0 fully saturated rings. The molecule has 0 spiro atoms. The second-order valence-electron chi connectivity index (χ2n) is 6.04. The number of amides is 1. The summed E-state index contributed by atoms with van der Waals surface area (Å²) in [7, 11) is -3.49. The average molecular weight is 400 g/mol. The SMILES string of the molecule is CCOP(=O)(OCC)c1ccc(-c2nc(NC(C)=O)sc2CC(C)C)o1. The number of nitrogens with one attached hydrogen (secondary N) is 1. The van der Waals surface area contributed by atoms with Crippen molar-refractivity contribution in [3.05, 3.63) is 17.0 Å². The Hall–Kier alpha value is -1.47. The molecule has 0 radical (unpaired) electrons. The Labute approximate surface area is 157 Å². The lowest BCUT2D eigenvalue weighted by Crippen LogP contribution is -2.08. The summed E-state index contributed by atoms with van der Waals surface area (Å²) in [5.74, 6) is 0.702. The molecule has 0 unspecified atom stereocenters. The van der Waals surface area contributed by atoms with E-state index < -0.39 is 7.60 Å². The van der Waals surface area contributed by atoms with Crippen LogP contribution in [0.4, 0.5) is 5.13 Å². The zero-order chi connectivity index (χ0) is 19.3. The van der Waals surface area contributed by atoms with Crippen LogP contribution in [-0.2, 0) is 24.8 Å². The van der Waals surface area contributed by atoms with Crippen LogP contribution >= 0.6 is 18.9 Å². The number of nitrogens with zero attached hydrogens (tertiary/aromatic N) is 1. The van der Waals surface area contributed by atoms with Crippen LogP contribution in [0.25, 0.3) is 11.5 Å². The topological polar surface area (TPSA) is 90.7 Å². The molecule has 0 saturated heterocycles. The number of rotatable bonds is 9. The predicted octanol–water partition coefficient (Wildman–Crippen LogP) is 4.45. The van der Waals surface area contributed by atoms with Gasteiger partial charge in [-0.25, -0.2) is 4.98 Å². The Morgan fingerprint density at radius 1 is 1.31 bits per heavy atom. The Kier molecular flexibility index (Phi) is 7.17. The van der Waals surface area contributed by atoms with Crippen LogP contribution in [0.3, 0.4) is 0 Å². The summed E-state index contributed by atoms with van der Waals surface area (Å²) in [6.45, 7) is 9.63. The lowest BCUT2D eigenvalue weighted by atomic mass is 10.1. The van der Waals surface area contributed by atoms with Gasteiger partial charge in [0.15, 0.2) is 10.9 Å². The highest BCUT2D eigenvalue weighted by Gasteiger charge is 2.31. The second-order valence-corrected chi connectivity index (χ2v) is 9.08. The van der Waals surface area contributed by atoms with E-state index in [0.717, 1.165) is 11.3 Å². The van der Waals surface area contributed by atoms with E-state index in [1.807, 2.05) is 0 Å². The first kappa shape index (κ1) is 20.8. The molecule has 0 aromatic carbocycles. The Balaban J connectivity index is 2.41. The molecule has 2 rings (SSSR count). The second kappa shape index (κ2) is 8.95. The molecule has 1 amide bonds. The number of thiazole rings is 1. The molecule has 2 aromatic heterocycles. The first-order chi connectivity index (χ1) is 12.3. The minimum Gasteiger partial charge on any atom is -0.446 e. The molecule has 0 aliphatic carbocycles. The van der Waals surface area contributed by atoms with Crippen LogP contribution in [0, 0.1) is 5.92 Å². The summed E-state index contributed by atoms with van der Waals surface area (Å²) in [4.78, 5) is 16.8. The summed E-state index contributed by atoms with van der Waals surface area (Å²) in [6, 6.07) is 3.30. The van der Waals surface area contributed by atoms with Crippen molar-refractivity contribution in [1.82, 2.24) is 4.98 Å². The van der Waals surface area contributed by atoms with E-state index in [4.69, 9.17) is 13.5 Å². The minimum atomic E-state index is -3.49. The van der Waals surface area contributed by atoms with Gasteiger partial charge in [-0.3, -0.25) is 9.36 Å². The standard InChI is InChI=1S/C17H25N2O5PS/c1-6-22-25(21,23-7-2)15-9-8-13(24-15)16-14(10-11(3)4)26-17(19-16)18-12(5)20/h8-9,11H,6-7,10H2,1-5H3,(H,18,19,20). The Morgan fingerprint density at radius 2 is 1.96 bits per heavy atom. The van der Waals surface area contributed by atoms with Gasteiger partial charge in [0.1, 0.15) is 5.69 Å². The van der Waals surface area contributed by atoms with Crippen LogP contribution in [0.15, 0.2) is 16.5 Å². The highest BCUT2D eigenvalue weighted by molar-refractivity contribution is 7.61. The highest BCUT2D eigenvalue weighted by Crippen LogP contribution is 2.48. The Bertz CT molecular complexity index is 789. The van der Waals surface area contributed by atoms with Crippen molar-refractivity contribution < 1.29 is 22.8 Å². The molecule has 0 saturated carbocycles. The van der Waals surface area contributed by atoms with Crippen LogP contribution in [-0.4, -0.2) is 24.1 Å². The zero-order valence-electron chi connectivity index (χ0n) is 15.7. The number of furan rings is 1. The summed E-state index contributed by atoms with van der Waals surface area (Å²) in [5.41, 5.74) is 0.791. The van der Waals surface area contributed by atoms with E-state index in [1.54, 1.807) is 26.0 Å². The molecule has 26 heavy (non-hydrogen) atoms. The van der Waals surface area contributed by atoms with Gasteiger partial charge in [-0.2, -0.15) is 0 Å². The van der Waals surface area contributed by atoms with E-state index in [0.29, 0.717) is 22.5 Å². The van der Waals surface area contributed by atoms with Crippen LogP contribution < -0.4 is 10.8 Å². The van der Waals surface area contributed by atoms with Crippen molar-refractivity contribution in [3.8, 4) is 11.5 Å². The van der Waals surface area contributed by atoms with Gasteiger partial charge in [0.2, 0.25) is 11.4 Å². The third-order valence-electron chi connectivity index (χ3n) is 3.27. The molecule has 0 aliphatic heterocycles. The molecule has 9 heteroatoms. The third kappa shape index (κ3) is 5.04. The molecule has 7 nitrogen and oxygen atoms in total. The van der Waals surface area contributed by atoms with Crippen molar-refractivity contribution in [2.75, 3.05) is 18.5 Å². The first-order valence-electron chi connectivity index (χ1n) is 8.56. The summed E-state index contributed by atoms with van der Waals surface area (Å²) in [5, 5.41) is 3.22. The van der Waals surface area contributed by atoms with Gasteiger partial charge in [-0.1, -0.05) is 13.8 Å². The summed E-state index contributed by atoms with van der Waals surface area (Å²) < 4.78 is 29.3. The van der Waals surface area contributed by atoms with Crippen LogP contribution in [0.2, 0.25) is 0 Å². The number of aromatic nitrogens is 1. The summed E-state index contributed by atoms with van der Waals surface area (Å²) in [6.07, 6.45) is 0.789. The lowest BCUT2D eigenvalue weighted by Gasteiger charge is -2.13. The van der Waals surface area contributed by atoms with Gasteiger partial charge in [-0.15, -0.1) is 11.3 Å². The van der Waals surface area contributed by atoms with Gasteiger partial charge >= 0.3 is 7.60 Å². The Morgan fingerprint density at radius 3 is 2.50 bits per heavy atom. The fourth-order valence-electron chi connectivity index (χ4n) is 2.36. The largest absolute Gasteiger partial charge is 0.446 e. The van der Waals surface area contributed by atoms with Crippen molar-refractivity contribution in [1.29, 1.82) is 0 Å². The number of carbonyl (C=O) groups excluding carboxylic acids is 1. The molecule has 2 heterocycles. The van der Waals surface area contributed by atoms with Crippen molar-refractivity contribution in [2.45, 2.75) is 41.0 Å². The van der Waals surface area contributed by atoms with E-state index in [2.05, 4.69) is 24.1 Å². The van der Waals surface area contributed by atoms with Crippen molar-refractivity contribution in [2.24, 2.45) is 5.92 Å². The molecule has 1 N–H and O–H groups in total. The zero-order valence-corrected chi connectivity index (χ0v) is 17.4. The number of hydrogen-bond donors (Lipinski definition) is 1. The molecule has 0 atom stereocenters. The maximum Gasteiger partial charge on any atom is 0.396 e. The molecule has 0 aliphatic rings. The van der Waals surface area contributed by atoms with Gasteiger partial charge in [0, 0.05) is 11.8 Å². The number of hydrogen-bond acceptors (Lipinski definition) is 7. The van der Waals surface area contributed by atoms with Gasteiger partial charge in [0.25, 0.3) is 0 Å². The van der Waals surface area contributed by atoms with E-state index >= 15 is 0 Å². The van der Waals surface area contributed by atoms with Gasteiger partial charge < -0.3 is 18.8 Å². The minimum absolute atomic E-state index is 0.153. The van der Waals surface area contributed by atoms with E-state index in [9.17, 15) is 9.36 Å². The fourth-order valence-corrected chi connectivity index (χ4v) is 5.06. The van der Waals surface area contributed by atoms with E-state index in [-0.39, 0.29) is 24.6 Å². The van der Waals surface area contributed by atoms with Crippen LogP contribution in [0.5, 0.6) is 0 Å². The molecule has 0 bridgehead atoms. The third-order valence-corrected chi connectivity index (χ3v) is 6.24. The normalized spacial score (nSPS) is 11.9. The number of carbonyl (C=O) groups is 1. The number of anilines is 1. The highest BCUT2D eigenvalue weighted by atomic mass is 32.1. The average Bonchev–Trinajstić information content (AvgIpc) is 3.14. The molecule has 2 aromatic rings. The quantitative estimate of drug-likeness (QED) is 0.625. The maximum absolute atomic E-state index is 12.9. The predicted molar refractivity (Wildman–Crippen MR) is 103 cm³/mol. The van der Waals surface area contributed by atoms with Gasteiger partial charge in [0.05, 0.1) is 13.2 Å². The molecule has 144 valence electrons. The molecular formula is C17H25N2O5PS. The van der Waals surface area contributed by atoms with Gasteiger partial charge in [-0.05, 0) is 38.3 Å². The fraction of sp³-hybridized carbons (Fsp3) is 0.529. The summed E-state index contributed by atoms with van der Waals surface area (Å²) >= 11 is 1.41. The van der Waals surface area contributed by atoms with Crippen molar-refractivity contribution >= 4 is 35.5 Å². The smallest absolute Gasteiger partial charge is 0.396 e. The first-order valence-corrected chi connectivity index (χ1v) is 10.9. The lowest BCUT2D eigenvalue weighted by molar-refractivity contribution is -0.114. The molecular weight excluding hydrogens is 375 g/mol. The van der Waals surface area contributed by atoms with Crippen molar-refractivity contribution in [3.63, 3.8) is 0 Å². The van der Waals surface area contributed by atoms with E-state index in [1.165, 1.54) is 18.3 Å². The van der Waals surface area contributed by atoms with Crippen LogP contribution in [0.1, 0.15) is 39.5 Å². The monoisotopic (exact) mass is 400 g/mol. The maximum atomic E-state index is 12.9.